The van der Waals surface area contributed by atoms with Crippen molar-refractivity contribution in [2.24, 2.45) is 0 Å². The Morgan fingerprint density at radius 3 is 1.46 bits per heavy atom. The van der Waals surface area contributed by atoms with Crippen molar-refractivity contribution in [2.45, 2.75) is 29.3 Å². The van der Waals surface area contributed by atoms with Gasteiger partial charge in [0.1, 0.15) is 50.7 Å². The number of aromatic nitrogens is 11. The fraction of sp³-hybridized carbons (Fsp3) is 0.0417. The highest BCUT2D eigenvalue weighted by atomic mass is 35.5. The standard InChI is InChI=1S/C20H12F4N4O.C19H13ClFN5O.C17H16N4OS.C16H12Cl3N5/c21-15-10-13(27-19-26-9-7-18(28-19)20(22,23)24)4-5-17(15)29-16-3-1-2-12-11-25-8-6-14(12)16;20-17-9-18(26-19(22)25-17)24-12-4-5-16(14(21)8-12)27-15-3-1-2-11-10-23-7-6-13(11)15;1-11-10-16(21-17(18)19-11)20-12-2-6-14(7-3-12)23-15-8-4-13(22)5-9-15;17-12-6-10(22-15-8-14(19)23-16(20)24-15)7-13(18)11(12)5-9-1-3-21-4-2-9/h1-11H,(H,26,27,28);1-10H,(H3,22,24,25,26);2-10,22H,1H3,(H3,18,19,20,21);1-4,6-8H,5H2,(H3,20,22,23,24). The van der Waals surface area contributed by atoms with Gasteiger partial charge in [0.15, 0.2) is 23.1 Å². The van der Waals surface area contributed by atoms with Crippen molar-refractivity contribution in [3.05, 3.63) is 280 Å². The molecule has 0 radical (unpaired) electrons. The zero-order valence-corrected chi connectivity index (χ0v) is 57.1. The van der Waals surface area contributed by atoms with Crippen LogP contribution in [0.5, 0.6) is 28.7 Å². The minimum atomic E-state index is -4.60. The van der Waals surface area contributed by atoms with Gasteiger partial charge in [-0.3, -0.25) is 15.0 Å². The Kier molecular flexibility index (Phi) is 23.5. The second kappa shape index (κ2) is 33.4. The minimum Gasteiger partial charge on any atom is -0.508 e. The smallest absolute Gasteiger partial charge is 0.433 e. The summed E-state index contributed by atoms with van der Waals surface area (Å²) >= 11 is 26.1. The van der Waals surface area contributed by atoms with Crippen molar-refractivity contribution in [3.63, 3.8) is 0 Å². The molecule has 7 aromatic carbocycles. The van der Waals surface area contributed by atoms with Gasteiger partial charge in [0.25, 0.3) is 0 Å². The summed E-state index contributed by atoms with van der Waals surface area (Å²) in [4.78, 5) is 45.2. The van der Waals surface area contributed by atoms with E-state index in [-0.39, 0.29) is 57.0 Å². The molecule has 0 saturated heterocycles. The number of benzene rings is 7. The number of nitrogen functional groups attached to an aromatic ring is 3. The number of aromatic hydroxyl groups is 1. The number of aryl methyl sites for hydroxylation is 1. The van der Waals surface area contributed by atoms with Crippen LogP contribution in [0.25, 0.3) is 21.5 Å². The number of halogens is 9. The number of nitrogens with one attached hydrogen (secondary N) is 4. The third-order valence-corrected chi connectivity index (χ3v) is 16.2. The number of ether oxygens (including phenoxy) is 2. The molecule has 0 aliphatic carbocycles. The number of anilines is 11. The molecule has 0 aliphatic rings. The molecule has 14 rings (SSSR count). The summed E-state index contributed by atoms with van der Waals surface area (Å²) in [6, 6.07) is 51.0. The Labute approximate surface area is 607 Å². The number of nitrogens with two attached hydrogens (primary N) is 3. The molecule has 0 fully saturated rings. The van der Waals surface area contributed by atoms with Crippen LogP contribution in [0, 0.1) is 18.6 Å². The van der Waals surface area contributed by atoms with Gasteiger partial charge in [-0.1, -0.05) is 82.4 Å². The van der Waals surface area contributed by atoms with Crippen LogP contribution in [0.15, 0.2) is 235 Å². The monoisotopic (exact) mass is 1480 g/mol. The van der Waals surface area contributed by atoms with Crippen molar-refractivity contribution in [1.82, 2.24) is 54.8 Å². The summed E-state index contributed by atoms with van der Waals surface area (Å²) in [6.45, 7) is 1.88. The first-order chi connectivity index (χ1) is 49.6. The van der Waals surface area contributed by atoms with Gasteiger partial charge in [0.2, 0.25) is 23.8 Å². The molecule has 0 aliphatic heterocycles. The number of nitrogens with zero attached hydrogens (tertiary/aromatic N) is 11. The Hall–Kier alpha value is -12.0. The fourth-order valence-corrected chi connectivity index (χ4v) is 11.3. The molecule has 518 valence electrons. The number of pyridine rings is 3. The maximum absolute atomic E-state index is 14.5. The van der Waals surface area contributed by atoms with Crippen molar-refractivity contribution in [2.75, 3.05) is 38.5 Å². The van der Waals surface area contributed by atoms with Crippen molar-refractivity contribution >= 4 is 144 Å². The van der Waals surface area contributed by atoms with E-state index < -0.39 is 23.5 Å². The lowest BCUT2D eigenvalue weighted by Crippen LogP contribution is -2.10. The maximum Gasteiger partial charge on any atom is 0.433 e. The highest BCUT2D eigenvalue weighted by Gasteiger charge is 2.33. The molecule has 0 saturated carbocycles. The van der Waals surface area contributed by atoms with Gasteiger partial charge >= 0.3 is 6.18 Å². The lowest BCUT2D eigenvalue weighted by Gasteiger charge is -2.12. The largest absolute Gasteiger partial charge is 0.508 e. The quantitative estimate of drug-likeness (QED) is 0.0329. The number of hydrogen-bond acceptors (Lipinski definition) is 22. The lowest BCUT2D eigenvalue weighted by atomic mass is 10.1. The van der Waals surface area contributed by atoms with Crippen molar-refractivity contribution in [3.8, 4) is 28.7 Å². The average Bonchev–Trinajstić information content (AvgIpc) is 0.794. The van der Waals surface area contributed by atoms with Crippen LogP contribution in [-0.2, 0) is 12.6 Å². The van der Waals surface area contributed by atoms with Gasteiger partial charge in [0.05, 0.1) is 0 Å². The average molecular weight is 1490 g/mol. The van der Waals surface area contributed by atoms with E-state index in [0.717, 1.165) is 72.2 Å². The molecular formula is C72H53Cl4F5N18O3S. The molecule has 103 heavy (non-hydrogen) atoms. The first kappa shape index (κ1) is 72.2. The Bertz CT molecular complexity index is 5210. The van der Waals surface area contributed by atoms with Crippen LogP contribution in [0.1, 0.15) is 22.5 Å². The third-order valence-electron chi connectivity index (χ3n) is 14.1. The number of hydrogen-bond donors (Lipinski definition) is 8. The predicted molar refractivity (Wildman–Crippen MR) is 393 cm³/mol. The molecular weight excluding hydrogens is 1430 g/mol. The molecule has 7 heterocycles. The van der Waals surface area contributed by atoms with Gasteiger partial charge in [0, 0.05) is 150 Å². The number of alkyl halides is 3. The molecule has 0 amide bonds. The van der Waals surface area contributed by atoms with Crippen LogP contribution in [0.2, 0.25) is 20.4 Å². The van der Waals surface area contributed by atoms with E-state index in [4.69, 9.17) is 73.1 Å². The molecule has 0 spiro atoms. The first-order valence-electron chi connectivity index (χ1n) is 30.3. The minimum absolute atomic E-state index is 0.0240. The van der Waals surface area contributed by atoms with Gasteiger partial charge in [-0.25, -0.2) is 33.7 Å². The van der Waals surface area contributed by atoms with E-state index in [2.05, 4.69) is 76.1 Å². The summed E-state index contributed by atoms with van der Waals surface area (Å²) in [7, 11) is 0. The molecule has 21 nitrogen and oxygen atoms in total. The molecule has 0 unspecified atom stereocenters. The van der Waals surface area contributed by atoms with Crippen LogP contribution in [0.3, 0.4) is 0 Å². The molecule has 0 atom stereocenters. The number of fused-ring (bicyclic) bond motifs is 2. The van der Waals surface area contributed by atoms with Gasteiger partial charge in [-0.2, -0.15) is 28.1 Å². The zero-order chi connectivity index (χ0) is 72.6. The molecule has 0 bridgehead atoms. The third kappa shape index (κ3) is 20.6. The summed E-state index contributed by atoms with van der Waals surface area (Å²) in [6.07, 6.45) is 7.12. The van der Waals surface area contributed by atoms with Crippen molar-refractivity contribution < 1.29 is 36.5 Å². The van der Waals surface area contributed by atoms with Gasteiger partial charge in [-0.15, -0.1) is 0 Å². The van der Waals surface area contributed by atoms with E-state index >= 15 is 0 Å². The second-order valence-electron chi connectivity index (χ2n) is 21.7. The van der Waals surface area contributed by atoms with Crippen molar-refractivity contribution in [1.29, 1.82) is 0 Å². The second-order valence-corrected chi connectivity index (χ2v) is 24.4. The normalized spacial score (nSPS) is 10.9. The summed E-state index contributed by atoms with van der Waals surface area (Å²) < 4.78 is 78.7. The summed E-state index contributed by atoms with van der Waals surface area (Å²) in [5.41, 5.74) is 20.7. The van der Waals surface area contributed by atoms with Gasteiger partial charge < -0.3 is 53.0 Å². The Balaban J connectivity index is 0.000000138. The fourth-order valence-electron chi connectivity index (χ4n) is 9.53. The maximum atomic E-state index is 14.5. The number of phenols is 1. The summed E-state index contributed by atoms with van der Waals surface area (Å²) in [5, 5.41) is 26.0. The summed E-state index contributed by atoms with van der Waals surface area (Å²) in [5.74, 6) is 1.66. The van der Waals surface area contributed by atoms with E-state index in [1.54, 1.807) is 110 Å². The molecule has 11 N–H and O–H groups in total. The van der Waals surface area contributed by atoms with E-state index in [1.807, 2.05) is 85.8 Å². The van der Waals surface area contributed by atoms with E-state index in [1.165, 1.54) is 30.3 Å². The van der Waals surface area contributed by atoms with Gasteiger partial charge in [-0.05, 0) is 145 Å². The predicted octanol–water partition coefficient (Wildman–Crippen LogP) is 19.4. The van der Waals surface area contributed by atoms with E-state index in [0.29, 0.717) is 56.8 Å². The van der Waals surface area contributed by atoms with Crippen LogP contribution >= 0.6 is 58.2 Å². The van der Waals surface area contributed by atoms with E-state index in [9.17, 15) is 27.1 Å². The number of phenolic OH excluding ortho intramolecular Hbond substituents is 1. The zero-order valence-electron chi connectivity index (χ0n) is 53.3. The molecule has 14 aromatic rings. The topological polar surface area (TPSA) is 307 Å². The number of rotatable bonds is 16. The molecule has 31 heteroatoms. The van der Waals surface area contributed by atoms with Crippen LogP contribution < -0.4 is 47.9 Å². The Morgan fingerprint density at radius 2 is 0.942 bits per heavy atom. The Morgan fingerprint density at radius 1 is 0.466 bits per heavy atom. The van der Waals surface area contributed by atoms with Crippen LogP contribution in [-0.4, -0.2) is 59.9 Å². The first-order valence-corrected chi connectivity index (χ1v) is 32.6. The SMILES string of the molecule is Cc1cc(Nc2ccc(Sc3ccc(O)cc3)cc2)nc(N)n1.Fc1cc(Nc2nccc(C(F)(F)F)n2)ccc1Oc1cccc2cnccc12.Nc1nc(Cl)cc(Nc2cc(Cl)c(Cc3ccncc3)c(Cl)c2)n1.Nc1nc(Cl)cc(Nc2ccc(Oc3cccc4cnccc34)c(F)c2)n1. The van der Waals surface area contributed by atoms with Crippen LogP contribution in [0.4, 0.5) is 85.9 Å². The highest BCUT2D eigenvalue weighted by Crippen LogP contribution is 2.37. The molecule has 7 aromatic heterocycles. The highest BCUT2D eigenvalue weighted by molar-refractivity contribution is 7.99. The lowest BCUT2D eigenvalue weighted by molar-refractivity contribution is -0.141.